The molecular weight excluding hydrogens is 278 g/mol. The van der Waals surface area contributed by atoms with Crippen LogP contribution in [0.3, 0.4) is 0 Å². The summed E-state index contributed by atoms with van der Waals surface area (Å²) in [7, 11) is 1.50. The summed E-state index contributed by atoms with van der Waals surface area (Å²) in [6.45, 7) is 1.39. The first-order valence-electron chi connectivity index (χ1n) is 5.76. The fraction of sp³-hybridized carbons (Fsp3) is 0.154. The molecule has 6 nitrogen and oxygen atoms in total. The Morgan fingerprint density at radius 2 is 2.10 bits per heavy atom. The third-order valence-corrected chi connectivity index (χ3v) is 3.11. The van der Waals surface area contributed by atoms with Gasteiger partial charge in [-0.2, -0.15) is 0 Å². The monoisotopic (exact) mass is 291 g/mol. The fourth-order valence-electron chi connectivity index (χ4n) is 1.59. The van der Waals surface area contributed by atoms with Gasteiger partial charge >= 0.3 is 0 Å². The number of aromatic nitrogens is 1. The van der Waals surface area contributed by atoms with E-state index < -0.39 is 0 Å². The number of thiazole rings is 1. The summed E-state index contributed by atoms with van der Waals surface area (Å²) in [5, 5.41) is 7.58. The second kappa shape index (κ2) is 6.16. The van der Waals surface area contributed by atoms with Gasteiger partial charge in [-0.3, -0.25) is 14.9 Å². The Hall–Kier alpha value is -2.41. The Kier molecular flexibility index (Phi) is 4.31. The molecule has 2 aromatic rings. The smallest absolute Gasteiger partial charge is 0.257 e. The molecule has 0 aliphatic carbocycles. The van der Waals surface area contributed by atoms with Crippen LogP contribution in [0.2, 0.25) is 0 Å². The summed E-state index contributed by atoms with van der Waals surface area (Å²) >= 11 is 1.33. The van der Waals surface area contributed by atoms with Gasteiger partial charge in [0.25, 0.3) is 5.91 Å². The third-order valence-electron chi connectivity index (χ3n) is 2.43. The van der Waals surface area contributed by atoms with E-state index in [1.165, 1.54) is 25.4 Å². The van der Waals surface area contributed by atoms with Gasteiger partial charge in [-0.25, -0.2) is 4.98 Å². The van der Waals surface area contributed by atoms with Crippen molar-refractivity contribution in [1.29, 1.82) is 0 Å². The van der Waals surface area contributed by atoms with Crippen LogP contribution in [-0.4, -0.2) is 23.9 Å². The molecule has 2 N–H and O–H groups in total. The minimum absolute atomic E-state index is 0.235. The molecule has 0 unspecified atom stereocenters. The lowest BCUT2D eigenvalue weighted by molar-refractivity contribution is -0.114. The summed E-state index contributed by atoms with van der Waals surface area (Å²) < 4.78 is 5.13. The van der Waals surface area contributed by atoms with Gasteiger partial charge in [0.05, 0.1) is 12.8 Å². The van der Waals surface area contributed by atoms with Crippen LogP contribution in [0.5, 0.6) is 5.75 Å². The van der Waals surface area contributed by atoms with Crippen LogP contribution in [-0.2, 0) is 4.79 Å². The van der Waals surface area contributed by atoms with Gasteiger partial charge in [-0.15, -0.1) is 11.3 Å². The standard InChI is InChI=1S/C13H13N3O3S/c1-8(17)15-10-7-9(3-4-11(10)19-2)12(18)16-13-14-5-6-20-13/h3-7H,1-2H3,(H,15,17)(H,14,16,18). The number of ether oxygens (including phenoxy) is 1. The maximum atomic E-state index is 12.1. The number of carbonyl (C=O) groups is 2. The van der Waals surface area contributed by atoms with Crippen LogP contribution in [0, 0.1) is 0 Å². The topological polar surface area (TPSA) is 80.3 Å². The van der Waals surface area contributed by atoms with E-state index in [-0.39, 0.29) is 11.8 Å². The Morgan fingerprint density at radius 1 is 1.30 bits per heavy atom. The van der Waals surface area contributed by atoms with E-state index in [2.05, 4.69) is 15.6 Å². The molecule has 0 saturated heterocycles. The van der Waals surface area contributed by atoms with Crippen molar-refractivity contribution < 1.29 is 14.3 Å². The Morgan fingerprint density at radius 3 is 2.70 bits per heavy atom. The van der Waals surface area contributed by atoms with E-state index in [4.69, 9.17) is 4.74 Å². The quantitative estimate of drug-likeness (QED) is 0.906. The van der Waals surface area contributed by atoms with Crippen LogP contribution in [0.1, 0.15) is 17.3 Å². The van der Waals surface area contributed by atoms with E-state index in [0.29, 0.717) is 22.1 Å². The molecule has 20 heavy (non-hydrogen) atoms. The van der Waals surface area contributed by atoms with Crippen molar-refractivity contribution >= 4 is 34.0 Å². The number of hydrogen-bond acceptors (Lipinski definition) is 5. The van der Waals surface area contributed by atoms with E-state index in [0.717, 1.165) is 0 Å². The first-order valence-corrected chi connectivity index (χ1v) is 6.64. The molecule has 0 atom stereocenters. The minimum atomic E-state index is -0.297. The minimum Gasteiger partial charge on any atom is -0.495 e. The molecule has 2 amide bonds. The van der Waals surface area contributed by atoms with Crippen LogP contribution < -0.4 is 15.4 Å². The highest BCUT2D eigenvalue weighted by atomic mass is 32.1. The van der Waals surface area contributed by atoms with Gasteiger partial charge in [-0.05, 0) is 18.2 Å². The third kappa shape index (κ3) is 3.33. The summed E-state index contributed by atoms with van der Waals surface area (Å²) in [4.78, 5) is 27.2. The molecule has 7 heteroatoms. The highest BCUT2D eigenvalue weighted by Gasteiger charge is 2.12. The summed E-state index contributed by atoms with van der Waals surface area (Å²) in [5.74, 6) is -0.0408. The first kappa shape index (κ1) is 14.0. The van der Waals surface area contributed by atoms with Gasteiger partial charge in [0, 0.05) is 24.1 Å². The largest absolute Gasteiger partial charge is 0.495 e. The molecule has 0 bridgehead atoms. The Balaban J connectivity index is 2.23. The number of nitrogens with zero attached hydrogens (tertiary/aromatic N) is 1. The maximum absolute atomic E-state index is 12.1. The highest BCUT2D eigenvalue weighted by molar-refractivity contribution is 7.13. The van der Waals surface area contributed by atoms with Crippen LogP contribution in [0.15, 0.2) is 29.8 Å². The van der Waals surface area contributed by atoms with E-state index in [1.54, 1.807) is 29.8 Å². The SMILES string of the molecule is COc1ccc(C(=O)Nc2nccs2)cc1NC(C)=O. The van der Waals surface area contributed by atoms with Gasteiger partial charge < -0.3 is 10.1 Å². The average molecular weight is 291 g/mol. The first-order chi connectivity index (χ1) is 9.60. The number of methoxy groups -OCH3 is 1. The zero-order valence-electron chi connectivity index (χ0n) is 11.0. The van der Waals surface area contributed by atoms with Gasteiger partial charge in [-0.1, -0.05) is 0 Å². The summed E-state index contributed by atoms with van der Waals surface area (Å²) in [6, 6.07) is 4.80. The fourth-order valence-corrected chi connectivity index (χ4v) is 2.11. The van der Waals surface area contributed by atoms with Crippen molar-refractivity contribution in [3.05, 3.63) is 35.3 Å². The second-order valence-electron chi connectivity index (χ2n) is 3.89. The number of amides is 2. The molecule has 1 heterocycles. The molecule has 104 valence electrons. The summed E-state index contributed by atoms with van der Waals surface area (Å²) in [6.07, 6.45) is 1.61. The molecule has 0 saturated carbocycles. The predicted molar refractivity (Wildman–Crippen MR) is 77.4 cm³/mol. The molecule has 0 aliphatic rings. The van der Waals surface area contributed by atoms with Crippen molar-refractivity contribution in [2.24, 2.45) is 0 Å². The van der Waals surface area contributed by atoms with Crippen molar-refractivity contribution in [1.82, 2.24) is 4.98 Å². The number of benzene rings is 1. The Labute approximate surface area is 119 Å². The summed E-state index contributed by atoms with van der Waals surface area (Å²) in [5.41, 5.74) is 0.858. The van der Waals surface area contributed by atoms with Crippen LogP contribution >= 0.6 is 11.3 Å². The van der Waals surface area contributed by atoms with Gasteiger partial charge in [0.1, 0.15) is 5.75 Å². The van der Waals surface area contributed by atoms with Gasteiger partial charge in [0.2, 0.25) is 5.91 Å². The molecule has 0 radical (unpaired) electrons. The molecule has 1 aromatic carbocycles. The number of rotatable bonds is 4. The number of anilines is 2. The predicted octanol–water partition coefficient (Wildman–Crippen LogP) is 2.36. The maximum Gasteiger partial charge on any atom is 0.257 e. The average Bonchev–Trinajstić information content (AvgIpc) is 2.90. The lowest BCUT2D eigenvalue weighted by atomic mass is 10.1. The normalized spacial score (nSPS) is 9.90. The van der Waals surface area contributed by atoms with E-state index in [9.17, 15) is 9.59 Å². The highest BCUT2D eigenvalue weighted by Crippen LogP contribution is 2.26. The zero-order chi connectivity index (χ0) is 14.5. The van der Waals surface area contributed by atoms with Crippen molar-refractivity contribution in [2.75, 3.05) is 17.7 Å². The molecule has 0 aliphatic heterocycles. The molecular formula is C13H13N3O3S. The van der Waals surface area contributed by atoms with Crippen molar-refractivity contribution in [2.45, 2.75) is 6.92 Å². The Bertz CT molecular complexity index is 626. The zero-order valence-corrected chi connectivity index (χ0v) is 11.8. The molecule has 1 aromatic heterocycles. The molecule has 0 fully saturated rings. The van der Waals surface area contributed by atoms with Crippen LogP contribution in [0.4, 0.5) is 10.8 Å². The number of hydrogen-bond donors (Lipinski definition) is 2. The van der Waals surface area contributed by atoms with Crippen LogP contribution in [0.25, 0.3) is 0 Å². The molecule has 0 spiro atoms. The van der Waals surface area contributed by atoms with Gasteiger partial charge in [0.15, 0.2) is 5.13 Å². The lowest BCUT2D eigenvalue weighted by Crippen LogP contribution is -2.13. The van der Waals surface area contributed by atoms with Crippen molar-refractivity contribution in [3.8, 4) is 5.75 Å². The van der Waals surface area contributed by atoms with Crippen molar-refractivity contribution in [3.63, 3.8) is 0 Å². The number of nitrogens with one attached hydrogen (secondary N) is 2. The molecule has 2 rings (SSSR count). The van der Waals surface area contributed by atoms with E-state index >= 15 is 0 Å². The second-order valence-corrected chi connectivity index (χ2v) is 4.78. The number of carbonyl (C=O) groups excluding carboxylic acids is 2. The van der Waals surface area contributed by atoms with E-state index in [1.807, 2.05) is 0 Å². The lowest BCUT2D eigenvalue weighted by Gasteiger charge is -2.10.